The Balaban J connectivity index is 1.65. The maximum Gasteiger partial charge on any atom is 0.281 e. The zero-order valence-electron chi connectivity index (χ0n) is 16.2. The first-order chi connectivity index (χ1) is 14.5. The first kappa shape index (κ1) is 20.6. The number of carbonyl (C=O) groups excluding carboxylic acids is 1. The fraction of sp³-hybridized carbons (Fsp3) is 0.400. The summed E-state index contributed by atoms with van der Waals surface area (Å²) in [5.41, 5.74) is 1.14. The number of aromatic nitrogens is 4. The van der Waals surface area contributed by atoms with E-state index in [4.69, 9.17) is 21.3 Å². The molecule has 2 heterocycles. The molecule has 7 nitrogen and oxygen atoms in total. The number of carbonyl (C=O) groups is 1. The Labute approximate surface area is 176 Å². The van der Waals surface area contributed by atoms with Crippen LogP contribution in [-0.4, -0.2) is 39.1 Å². The lowest BCUT2D eigenvalue weighted by Crippen LogP contribution is -2.33. The van der Waals surface area contributed by atoms with Crippen LogP contribution >= 0.6 is 11.6 Å². The maximum atomic E-state index is 12.8. The molecule has 30 heavy (non-hydrogen) atoms. The number of imidazole rings is 1. The molecule has 1 aliphatic carbocycles. The number of nitrogens with zero attached hydrogens (tertiary/aromatic N) is 4. The highest BCUT2D eigenvalue weighted by Crippen LogP contribution is 2.41. The molecular weight excluding hydrogens is 416 g/mol. The largest absolute Gasteiger partial charge is 0.383 e. The molecule has 1 amide bonds. The second-order valence-corrected chi connectivity index (χ2v) is 7.60. The highest BCUT2D eigenvalue weighted by molar-refractivity contribution is 6.31. The molecule has 158 valence electrons. The van der Waals surface area contributed by atoms with Crippen LogP contribution in [0.5, 0.6) is 0 Å². The van der Waals surface area contributed by atoms with Gasteiger partial charge in [-0.05, 0) is 37.0 Å². The standard InChI is InChI=1S/C20H20ClF2N5O2/c1-30-7-6-28-16-5-4-12(21)8-13(16)26-19(28)17(11-2-3-11)27-20(29)15-10-24-14(9-25-15)18(22)23/h4-5,8-11,17-18H,2-3,6-7H2,1H3,(H,27,29)/t17-/m0/s1. The molecule has 4 rings (SSSR count). The lowest BCUT2D eigenvalue weighted by Gasteiger charge is -2.19. The van der Waals surface area contributed by atoms with Gasteiger partial charge in [-0.15, -0.1) is 0 Å². The van der Waals surface area contributed by atoms with Crippen LogP contribution in [0.1, 0.15) is 47.3 Å². The van der Waals surface area contributed by atoms with Crippen molar-refractivity contribution in [3.05, 3.63) is 52.8 Å². The number of amides is 1. The molecule has 0 unspecified atom stereocenters. The zero-order valence-corrected chi connectivity index (χ0v) is 16.9. The number of alkyl halides is 2. The summed E-state index contributed by atoms with van der Waals surface area (Å²) < 4.78 is 32.6. The number of ether oxygens (including phenoxy) is 1. The molecule has 1 aromatic carbocycles. The molecule has 1 atom stereocenters. The van der Waals surface area contributed by atoms with Gasteiger partial charge >= 0.3 is 0 Å². The molecule has 1 fully saturated rings. The molecule has 2 aromatic heterocycles. The minimum absolute atomic E-state index is 0.0207. The van der Waals surface area contributed by atoms with Crippen molar-refractivity contribution in [2.75, 3.05) is 13.7 Å². The predicted molar refractivity (Wildman–Crippen MR) is 107 cm³/mol. The summed E-state index contributed by atoms with van der Waals surface area (Å²) in [4.78, 5) is 24.9. The highest BCUT2D eigenvalue weighted by Gasteiger charge is 2.37. The van der Waals surface area contributed by atoms with Gasteiger partial charge in [0.15, 0.2) is 0 Å². The van der Waals surface area contributed by atoms with Crippen LogP contribution in [0.25, 0.3) is 11.0 Å². The topological polar surface area (TPSA) is 81.9 Å². The van der Waals surface area contributed by atoms with E-state index in [1.165, 1.54) is 0 Å². The van der Waals surface area contributed by atoms with E-state index in [2.05, 4.69) is 15.3 Å². The van der Waals surface area contributed by atoms with Gasteiger partial charge in [0.25, 0.3) is 12.3 Å². The Morgan fingerprint density at radius 1 is 1.33 bits per heavy atom. The smallest absolute Gasteiger partial charge is 0.281 e. The van der Waals surface area contributed by atoms with Crippen LogP contribution in [0.2, 0.25) is 5.02 Å². The number of hydrogen-bond donors (Lipinski definition) is 1. The predicted octanol–water partition coefficient (Wildman–Crippen LogP) is 3.94. The zero-order chi connectivity index (χ0) is 21.3. The number of rotatable bonds is 8. The normalized spacial score (nSPS) is 15.0. The fourth-order valence-electron chi connectivity index (χ4n) is 3.38. The van der Waals surface area contributed by atoms with Crippen molar-refractivity contribution in [1.29, 1.82) is 0 Å². The Morgan fingerprint density at radius 2 is 2.13 bits per heavy atom. The van der Waals surface area contributed by atoms with E-state index in [-0.39, 0.29) is 17.7 Å². The van der Waals surface area contributed by atoms with Crippen LogP contribution in [0.4, 0.5) is 8.78 Å². The molecule has 0 saturated heterocycles. The van der Waals surface area contributed by atoms with Crippen LogP contribution in [0.15, 0.2) is 30.6 Å². The third-order valence-electron chi connectivity index (χ3n) is 5.05. The third kappa shape index (κ3) is 4.27. The molecule has 0 spiro atoms. The van der Waals surface area contributed by atoms with E-state index >= 15 is 0 Å². The first-order valence-electron chi connectivity index (χ1n) is 9.53. The van der Waals surface area contributed by atoms with Gasteiger partial charge in [-0.2, -0.15) is 0 Å². The van der Waals surface area contributed by atoms with Crippen molar-refractivity contribution in [2.45, 2.75) is 31.9 Å². The summed E-state index contributed by atoms with van der Waals surface area (Å²) in [5.74, 6) is 0.455. The molecule has 3 aromatic rings. The second-order valence-electron chi connectivity index (χ2n) is 7.16. The van der Waals surface area contributed by atoms with Crippen molar-refractivity contribution < 1.29 is 18.3 Å². The van der Waals surface area contributed by atoms with Gasteiger partial charge in [-0.3, -0.25) is 9.78 Å². The highest BCUT2D eigenvalue weighted by atomic mass is 35.5. The summed E-state index contributed by atoms with van der Waals surface area (Å²) >= 11 is 6.13. The maximum absolute atomic E-state index is 12.8. The molecule has 0 radical (unpaired) electrons. The van der Waals surface area contributed by atoms with Gasteiger partial charge in [0.05, 0.1) is 36.1 Å². The lowest BCUT2D eigenvalue weighted by molar-refractivity contribution is 0.0921. The molecular formula is C20H20ClF2N5O2. The third-order valence-corrected chi connectivity index (χ3v) is 5.28. The summed E-state index contributed by atoms with van der Waals surface area (Å²) in [6.45, 7) is 1.04. The minimum atomic E-state index is -2.73. The molecule has 0 bridgehead atoms. The van der Waals surface area contributed by atoms with Crippen molar-refractivity contribution in [2.24, 2.45) is 5.92 Å². The van der Waals surface area contributed by atoms with Crippen molar-refractivity contribution >= 4 is 28.5 Å². The van der Waals surface area contributed by atoms with Gasteiger partial charge in [0.1, 0.15) is 17.2 Å². The van der Waals surface area contributed by atoms with Gasteiger partial charge < -0.3 is 14.6 Å². The Bertz CT molecular complexity index is 1050. The van der Waals surface area contributed by atoms with E-state index < -0.39 is 18.0 Å². The van der Waals surface area contributed by atoms with Crippen molar-refractivity contribution in [3.63, 3.8) is 0 Å². The van der Waals surface area contributed by atoms with E-state index in [9.17, 15) is 13.6 Å². The van der Waals surface area contributed by atoms with Crippen molar-refractivity contribution in [3.8, 4) is 0 Å². The number of hydrogen-bond acceptors (Lipinski definition) is 5. The summed E-state index contributed by atoms with van der Waals surface area (Å²) in [7, 11) is 1.62. The van der Waals surface area contributed by atoms with Gasteiger partial charge in [0, 0.05) is 18.7 Å². The quantitative estimate of drug-likeness (QED) is 0.579. The van der Waals surface area contributed by atoms with E-state index in [1.807, 2.05) is 10.6 Å². The number of nitrogens with one attached hydrogen (secondary N) is 1. The van der Waals surface area contributed by atoms with Gasteiger partial charge in [-0.25, -0.2) is 18.7 Å². The van der Waals surface area contributed by atoms with E-state index in [0.29, 0.717) is 24.0 Å². The molecule has 1 aliphatic rings. The van der Waals surface area contributed by atoms with Crippen molar-refractivity contribution in [1.82, 2.24) is 24.8 Å². The molecule has 1 N–H and O–H groups in total. The van der Waals surface area contributed by atoms with Crippen LogP contribution < -0.4 is 5.32 Å². The Kier molecular flexibility index (Phi) is 5.92. The van der Waals surface area contributed by atoms with Crippen LogP contribution in [-0.2, 0) is 11.3 Å². The summed E-state index contributed by atoms with van der Waals surface area (Å²) in [5, 5.41) is 3.54. The van der Waals surface area contributed by atoms with Crippen LogP contribution in [0, 0.1) is 5.92 Å². The van der Waals surface area contributed by atoms with Gasteiger partial charge in [0.2, 0.25) is 0 Å². The second kappa shape index (κ2) is 8.61. The lowest BCUT2D eigenvalue weighted by atomic mass is 10.1. The van der Waals surface area contributed by atoms with Crippen LogP contribution in [0.3, 0.4) is 0 Å². The Hall–Kier alpha value is -2.65. The first-order valence-corrected chi connectivity index (χ1v) is 9.91. The monoisotopic (exact) mass is 435 g/mol. The Morgan fingerprint density at radius 3 is 2.77 bits per heavy atom. The molecule has 10 heteroatoms. The number of methoxy groups -OCH3 is 1. The molecule has 1 saturated carbocycles. The van der Waals surface area contributed by atoms with Gasteiger partial charge in [-0.1, -0.05) is 11.6 Å². The number of benzene rings is 1. The SMILES string of the molecule is COCCn1c([C@@H](NC(=O)c2cnc(C(F)F)cn2)C2CC2)nc2cc(Cl)ccc21. The number of fused-ring (bicyclic) bond motifs is 1. The van der Waals surface area contributed by atoms with E-state index in [0.717, 1.165) is 36.3 Å². The average Bonchev–Trinajstić information content (AvgIpc) is 3.52. The molecule has 0 aliphatic heterocycles. The fourth-order valence-corrected chi connectivity index (χ4v) is 3.55. The van der Waals surface area contributed by atoms with E-state index in [1.54, 1.807) is 19.2 Å². The minimum Gasteiger partial charge on any atom is -0.383 e. The number of halogens is 3. The summed E-state index contributed by atoms with van der Waals surface area (Å²) in [6, 6.07) is 5.12. The average molecular weight is 436 g/mol. The summed E-state index contributed by atoms with van der Waals surface area (Å²) in [6.07, 6.45) is 1.15.